The van der Waals surface area contributed by atoms with Gasteiger partial charge in [-0.15, -0.1) is 11.3 Å². The fourth-order valence-corrected chi connectivity index (χ4v) is 3.16. The molecule has 3 N–H and O–H groups in total. The third-order valence-corrected chi connectivity index (χ3v) is 4.95. The van der Waals surface area contributed by atoms with Crippen LogP contribution in [0.2, 0.25) is 0 Å². The maximum atomic E-state index is 11.7. The minimum Gasteiger partial charge on any atom is -0.453 e. The molecule has 0 aliphatic rings. The lowest BCUT2D eigenvalue weighted by molar-refractivity contribution is -0.153. The van der Waals surface area contributed by atoms with Crippen LogP contribution in [-0.4, -0.2) is 32.9 Å². The van der Waals surface area contributed by atoms with Gasteiger partial charge in [0.05, 0.1) is 6.42 Å². The predicted octanol–water partition coefficient (Wildman–Crippen LogP) is -0.167. The van der Waals surface area contributed by atoms with Crippen molar-refractivity contribution in [2.75, 3.05) is 6.54 Å². The van der Waals surface area contributed by atoms with Gasteiger partial charge in [0.1, 0.15) is 4.21 Å². The minimum absolute atomic E-state index is 0.107. The molecule has 0 saturated heterocycles. The predicted molar refractivity (Wildman–Crippen MR) is 68.9 cm³/mol. The number of rotatable bonds is 7. The van der Waals surface area contributed by atoms with Crippen LogP contribution in [0.25, 0.3) is 0 Å². The molecule has 106 valence electrons. The van der Waals surface area contributed by atoms with Gasteiger partial charge < -0.3 is 10.5 Å². The van der Waals surface area contributed by atoms with Crippen LogP contribution in [0.1, 0.15) is 13.3 Å². The normalized spacial score (nSPS) is 12.9. The number of nitrogens with two attached hydrogens (primary N) is 1. The van der Waals surface area contributed by atoms with Crippen LogP contribution in [0, 0.1) is 0 Å². The Kier molecular flexibility index (Phi) is 5.45. The van der Waals surface area contributed by atoms with Gasteiger partial charge in [-0.1, -0.05) is 6.07 Å². The minimum atomic E-state index is -3.59. The molecule has 1 rings (SSSR count). The molecule has 0 fully saturated rings. The summed E-state index contributed by atoms with van der Waals surface area (Å²) < 4.78 is 30.5. The Labute approximate surface area is 114 Å². The van der Waals surface area contributed by atoms with E-state index in [4.69, 9.17) is 5.73 Å². The Morgan fingerprint density at radius 2 is 2.21 bits per heavy atom. The first-order valence-corrected chi connectivity index (χ1v) is 7.71. The van der Waals surface area contributed by atoms with E-state index in [-0.39, 0.29) is 17.2 Å². The molecule has 0 unspecified atom stereocenters. The quantitative estimate of drug-likeness (QED) is 0.679. The van der Waals surface area contributed by atoms with Crippen molar-refractivity contribution in [3.05, 3.63) is 17.5 Å². The highest BCUT2D eigenvalue weighted by Gasteiger charge is 2.17. The van der Waals surface area contributed by atoms with Crippen LogP contribution in [0.3, 0.4) is 0 Å². The van der Waals surface area contributed by atoms with E-state index >= 15 is 0 Å². The van der Waals surface area contributed by atoms with Crippen molar-refractivity contribution in [1.29, 1.82) is 0 Å². The van der Waals surface area contributed by atoms with E-state index in [0.717, 1.165) is 11.3 Å². The number of nitrogens with one attached hydrogen (secondary N) is 1. The van der Waals surface area contributed by atoms with Crippen molar-refractivity contribution in [2.45, 2.75) is 23.7 Å². The van der Waals surface area contributed by atoms with Gasteiger partial charge in [0.15, 0.2) is 6.10 Å². The van der Waals surface area contributed by atoms with Crippen molar-refractivity contribution in [3.63, 3.8) is 0 Å². The topological polar surface area (TPSA) is 116 Å². The number of hydrogen-bond donors (Lipinski definition) is 2. The Balaban J connectivity index is 2.39. The molecule has 1 aromatic heterocycles. The van der Waals surface area contributed by atoms with Crippen molar-refractivity contribution in [1.82, 2.24) is 4.72 Å². The molecular formula is C10H14N2O5S2. The molecule has 0 aromatic carbocycles. The van der Waals surface area contributed by atoms with Crippen LogP contribution in [0.4, 0.5) is 0 Å². The smallest absolute Gasteiger partial charge is 0.307 e. The highest BCUT2D eigenvalue weighted by Crippen LogP contribution is 2.14. The van der Waals surface area contributed by atoms with E-state index in [0.29, 0.717) is 0 Å². The fourth-order valence-electron chi connectivity index (χ4n) is 1.09. The van der Waals surface area contributed by atoms with Crippen LogP contribution < -0.4 is 10.5 Å². The number of esters is 1. The van der Waals surface area contributed by atoms with Crippen LogP contribution >= 0.6 is 11.3 Å². The molecule has 9 heteroatoms. The molecule has 1 amide bonds. The first-order chi connectivity index (χ1) is 8.83. The summed E-state index contributed by atoms with van der Waals surface area (Å²) in [6, 6.07) is 3.07. The average Bonchev–Trinajstić information content (AvgIpc) is 2.82. The summed E-state index contributed by atoms with van der Waals surface area (Å²) in [5.74, 6) is -1.45. The first kappa shape index (κ1) is 15.6. The van der Waals surface area contributed by atoms with Crippen molar-refractivity contribution >= 4 is 33.2 Å². The zero-order chi connectivity index (χ0) is 14.5. The maximum Gasteiger partial charge on any atom is 0.307 e. The number of amides is 1. The summed E-state index contributed by atoms with van der Waals surface area (Å²) in [7, 11) is -3.59. The second-order valence-corrected chi connectivity index (χ2v) is 6.56. The maximum absolute atomic E-state index is 11.7. The van der Waals surface area contributed by atoms with Crippen LogP contribution in [-0.2, 0) is 24.3 Å². The number of carbonyl (C=O) groups is 2. The zero-order valence-electron chi connectivity index (χ0n) is 10.2. The average molecular weight is 306 g/mol. The van der Waals surface area contributed by atoms with E-state index in [1.54, 1.807) is 11.4 Å². The highest BCUT2D eigenvalue weighted by atomic mass is 32.2. The third kappa shape index (κ3) is 4.97. The molecule has 0 radical (unpaired) electrons. The van der Waals surface area contributed by atoms with E-state index in [1.165, 1.54) is 13.0 Å². The molecule has 0 aliphatic carbocycles. The Bertz CT molecular complexity index is 538. The molecule has 1 atom stereocenters. The van der Waals surface area contributed by atoms with Crippen LogP contribution in [0.15, 0.2) is 21.7 Å². The summed E-state index contributed by atoms with van der Waals surface area (Å²) >= 11 is 1.08. The third-order valence-electron chi connectivity index (χ3n) is 2.09. The van der Waals surface area contributed by atoms with Gasteiger partial charge in [0.25, 0.3) is 5.91 Å². The van der Waals surface area contributed by atoms with E-state index in [9.17, 15) is 18.0 Å². The van der Waals surface area contributed by atoms with Gasteiger partial charge in [-0.2, -0.15) is 0 Å². The summed E-state index contributed by atoms with van der Waals surface area (Å²) in [5, 5.41) is 1.64. The summed E-state index contributed by atoms with van der Waals surface area (Å²) in [5.41, 5.74) is 4.92. The first-order valence-electron chi connectivity index (χ1n) is 5.35. The standard InChI is InChI=1S/C10H14N2O5S2/c1-7(10(11)14)17-8(13)4-5-12-19(15,16)9-3-2-6-18-9/h2-3,6-7,12H,4-5H2,1H3,(H2,11,14)/t7-/m1/s1. The number of thiophene rings is 1. The van der Waals surface area contributed by atoms with Gasteiger partial charge in [0, 0.05) is 6.54 Å². The van der Waals surface area contributed by atoms with Crippen molar-refractivity contribution in [3.8, 4) is 0 Å². The number of carbonyl (C=O) groups excluding carboxylic acids is 2. The number of primary amides is 1. The molecule has 7 nitrogen and oxygen atoms in total. The Hall–Kier alpha value is -1.45. The molecule has 1 heterocycles. The monoisotopic (exact) mass is 306 g/mol. The largest absolute Gasteiger partial charge is 0.453 e. The number of sulfonamides is 1. The fraction of sp³-hybridized carbons (Fsp3) is 0.400. The number of ether oxygens (including phenoxy) is 1. The number of hydrogen-bond acceptors (Lipinski definition) is 6. The SMILES string of the molecule is C[C@@H](OC(=O)CCNS(=O)(=O)c1cccs1)C(N)=O. The highest BCUT2D eigenvalue weighted by molar-refractivity contribution is 7.91. The molecule has 0 bridgehead atoms. The van der Waals surface area contributed by atoms with Gasteiger partial charge in [-0.25, -0.2) is 13.1 Å². The lowest BCUT2D eigenvalue weighted by atomic mass is 10.4. The molecular weight excluding hydrogens is 292 g/mol. The van der Waals surface area contributed by atoms with Crippen molar-refractivity contribution < 1.29 is 22.7 Å². The summed E-state index contributed by atoms with van der Waals surface area (Å²) in [4.78, 5) is 21.9. The lowest BCUT2D eigenvalue weighted by Gasteiger charge is -2.09. The summed E-state index contributed by atoms with van der Waals surface area (Å²) in [6.07, 6.45) is -1.20. The van der Waals surface area contributed by atoms with E-state index in [2.05, 4.69) is 9.46 Å². The van der Waals surface area contributed by atoms with Crippen molar-refractivity contribution in [2.24, 2.45) is 5.73 Å². The molecule has 1 aromatic rings. The molecule has 19 heavy (non-hydrogen) atoms. The lowest BCUT2D eigenvalue weighted by Crippen LogP contribution is -2.32. The van der Waals surface area contributed by atoms with Gasteiger partial charge >= 0.3 is 5.97 Å². The molecule has 0 saturated carbocycles. The van der Waals surface area contributed by atoms with E-state index < -0.39 is 28.0 Å². The second-order valence-electron chi connectivity index (χ2n) is 3.61. The summed E-state index contributed by atoms with van der Waals surface area (Å²) in [6.45, 7) is 1.24. The second kappa shape index (κ2) is 6.64. The van der Waals surface area contributed by atoms with Gasteiger partial charge in [-0.05, 0) is 18.4 Å². The van der Waals surface area contributed by atoms with Crippen LogP contribution in [0.5, 0.6) is 0 Å². The molecule has 0 aliphatic heterocycles. The Morgan fingerprint density at radius 1 is 1.53 bits per heavy atom. The molecule has 0 spiro atoms. The van der Waals surface area contributed by atoms with Gasteiger partial charge in [0.2, 0.25) is 10.0 Å². The van der Waals surface area contributed by atoms with Gasteiger partial charge in [-0.3, -0.25) is 9.59 Å². The Morgan fingerprint density at radius 3 is 2.74 bits per heavy atom. The zero-order valence-corrected chi connectivity index (χ0v) is 11.8. The van der Waals surface area contributed by atoms with E-state index in [1.807, 2.05) is 0 Å².